The summed E-state index contributed by atoms with van der Waals surface area (Å²) in [4.78, 5) is 40.0. The molecule has 3 aromatic rings. The SMILES string of the molecule is CCn1c(=O)c(=O)n(Cc2ccc(C(=O)NCCN3CCCC3)cc2)c2ccccc21. The van der Waals surface area contributed by atoms with Crippen LogP contribution in [0.5, 0.6) is 0 Å². The predicted octanol–water partition coefficient (Wildman–Crippen LogP) is 2.06. The van der Waals surface area contributed by atoms with Crippen LogP contribution in [0, 0.1) is 0 Å². The van der Waals surface area contributed by atoms with Gasteiger partial charge < -0.3 is 14.8 Å². The summed E-state index contributed by atoms with van der Waals surface area (Å²) >= 11 is 0. The van der Waals surface area contributed by atoms with E-state index in [9.17, 15) is 14.4 Å². The third-order valence-corrected chi connectivity index (χ3v) is 5.92. The quantitative estimate of drug-likeness (QED) is 0.594. The van der Waals surface area contributed by atoms with Crippen LogP contribution in [-0.4, -0.2) is 46.1 Å². The van der Waals surface area contributed by atoms with Gasteiger partial charge in [0.2, 0.25) is 0 Å². The first-order valence-corrected chi connectivity index (χ1v) is 10.9. The molecule has 0 atom stereocenters. The van der Waals surface area contributed by atoms with Gasteiger partial charge in [0.15, 0.2) is 0 Å². The Kier molecular flexibility index (Phi) is 6.32. The molecule has 0 bridgehead atoms. The predicted molar refractivity (Wildman–Crippen MR) is 122 cm³/mol. The molecule has 0 spiro atoms. The number of carbonyl (C=O) groups excluding carboxylic acids is 1. The minimum Gasteiger partial charge on any atom is -0.351 e. The van der Waals surface area contributed by atoms with Crippen molar-refractivity contribution < 1.29 is 4.79 Å². The second kappa shape index (κ2) is 9.31. The van der Waals surface area contributed by atoms with Crippen molar-refractivity contribution in [2.45, 2.75) is 32.9 Å². The minimum atomic E-state index is -0.538. The van der Waals surface area contributed by atoms with Crippen molar-refractivity contribution in [3.8, 4) is 0 Å². The first-order chi connectivity index (χ1) is 15.1. The molecule has 2 aromatic carbocycles. The highest BCUT2D eigenvalue weighted by Gasteiger charge is 2.14. The van der Waals surface area contributed by atoms with Crippen molar-refractivity contribution in [1.82, 2.24) is 19.4 Å². The maximum Gasteiger partial charge on any atom is 0.317 e. The molecule has 162 valence electrons. The van der Waals surface area contributed by atoms with Crippen LogP contribution in [0.3, 0.4) is 0 Å². The smallest absolute Gasteiger partial charge is 0.317 e. The number of rotatable bonds is 7. The summed E-state index contributed by atoms with van der Waals surface area (Å²) < 4.78 is 3.01. The van der Waals surface area contributed by atoms with Crippen molar-refractivity contribution in [2.75, 3.05) is 26.2 Å². The standard InChI is InChI=1S/C24H28N4O3/c1-2-27-20-7-3-4-8-21(20)28(24(31)23(27)30)17-18-9-11-19(12-10-18)22(29)25-13-16-26-14-5-6-15-26/h3-4,7-12H,2,5-6,13-17H2,1H3,(H,25,29). The number of amides is 1. The summed E-state index contributed by atoms with van der Waals surface area (Å²) in [6.07, 6.45) is 2.48. The maximum absolute atomic E-state index is 12.7. The van der Waals surface area contributed by atoms with Crippen LogP contribution in [-0.2, 0) is 13.1 Å². The lowest BCUT2D eigenvalue weighted by atomic mass is 10.1. The van der Waals surface area contributed by atoms with Gasteiger partial charge in [0.1, 0.15) is 0 Å². The van der Waals surface area contributed by atoms with Gasteiger partial charge in [0.25, 0.3) is 5.91 Å². The minimum absolute atomic E-state index is 0.0982. The van der Waals surface area contributed by atoms with Gasteiger partial charge >= 0.3 is 11.1 Å². The van der Waals surface area contributed by atoms with E-state index in [0.717, 1.165) is 36.2 Å². The first-order valence-electron chi connectivity index (χ1n) is 10.9. The number of carbonyl (C=O) groups is 1. The summed E-state index contributed by atoms with van der Waals surface area (Å²) in [7, 11) is 0. The van der Waals surface area contributed by atoms with Crippen LogP contribution in [0.4, 0.5) is 0 Å². The Morgan fingerprint density at radius 3 is 2.16 bits per heavy atom. The summed E-state index contributed by atoms with van der Waals surface area (Å²) in [6, 6.07) is 14.6. The van der Waals surface area contributed by atoms with Gasteiger partial charge in [-0.1, -0.05) is 24.3 Å². The Morgan fingerprint density at radius 2 is 1.52 bits per heavy atom. The molecule has 7 heteroatoms. The Hall–Kier alpha value is -3.19. The van der Waals surface area contributed by atoms with Crippen molar-refractivity contribution in [3.05, 3.63) is 80.4 Å². The number of nitrogens with one attached hydrogen (secondary N) is 1. The molecular formula is C24H28N4O3. The molecule has 1 amide bonds. The number of aromatic nitrogens is 2. The zero-order valence-electron chi connectivity index (χ0n) is 17.8. The highest BCUT2D eigenvalue weighted by Crippen LogP contribution is 2.13. The van der Waals surface area contributed by atoms with Gasteiger partial charge in [0.05, 0.1) is 17.6 Å². The fraction of sp³-hybridized carbons (Fsp3) is 0.375. The molecule has 1 aliphatic rings. The number of hydrogen-bond donors (Lipinski definition) is 1. The van der Waals surface area contributed by atoms with E-state index in [0.29, 0.717) is 18.7 Å². The van der Waals surface area contributed by atoms with E-state index >= 15 is 0 Å². The first kappa shape index (κ1) is 21.1. The Morgan fingerprint density at radius 1 is 0.903 bits per heavy atom. The van der Waals surface area contributed by atoms with Gasteiger partial charge in [-0.3, -0.25) is 19.0 Å². The third kappa shape index (κ3) is 4.46. The van der Waals surface area contributed by atoms with E-state index in [1.54, 1.807) is 12.1 Å². The Balaban J connectivity index is 1.50. The van der Waals surface area contributed by atoms with Crippen LogP contribution in [0.2, 0.25) is 0 Å². The van der Waals surface area contributed by atoms with Crippen molar-refractivity contribution in [1.29, 1.82) is 0 Å². The number of aryl methyl sites for hydroxylation is 1. The third-order valence-electron chi connectivity index (χ3n) is 5.92. The number of nitrogens with zero attached hydrogens (tertiary/aromatic N) is 3. The number of hydrogen-bond acceptors (Lipinski definition) is 4. The average Bonchev–Trinajstić information content (AvgIpc) is 3.31. The van der Waals surface area contributed by atoms with Crippen LogP contribution in [0.15, 0.2) is 58.1 Å². The van der Waals surface area contributed by atoms with E-state index in [1.165, 1.54) is 22.0 Å². The highest BCUT2D eigenvalue weighted by atomic mass is 16.2. The van der Waals surface area contributed by atoms with Crippen LogP contribution in [0.25, 0.3) is 11.0 Å². The van der Waals surface area contributed by atoms with E-state index in [-0.39, 0.29) is 12.5 Å². The molecule has 0 radical (unpaired) electrons. The highest BCUT2D eigenvalue weighted by molar-refractivity contribution is 5.94. The zero-order valence-corrected chi connectivity index (χ0v) is 17.8. The summed E-state index contributed by atoms with van der Waals surface area (Å²) in [6.45, 7) is 6.31. The molecule has 2 heterocycles. The lowest BCUT2D eigenvalue weighted by Gasteiger charge is -2.15. The number of likely N-dealkylation sites (tertiary alicyclic amines) is 1. The van der Waals surface area contributed by atoms with Crippen molar-refractivity contribution >= 4 is 16.9 Å². The summed E-state index contributed by atoms with van der Waals surface area (Å²) in [5, 5.41) is 2.97. The van der Waals surface area contributed by atoms with Crippen LogP contribution in [0.1, 0.15) is 35.7 Å². The van der Waals surface area contributed by atoms with E-state index < -0.39 is 11.1 Å². The molecule has 0 unspecified atom stereocenters. The van der Waals surface area contributed by atoms with Crippen LogP contribution >= 0.6 is 0 Å². The Bertz CT molecular complexity index is 1190. The monoisotopic (exact) mass is 420 g/mol. The Labute approximate surface area is 180 Å². The summed E-state index contributed by atoms with van der Waals surface area (Å²) in [5.74, 6) is -0.0982. The molecular weight excluding hydrogens is 392 g/mol. The van der Waals surface area contributed by atoms with Gasteiger partial charge in [0, 0.05) is 25.2 Å². The van der Waals surface area contributed by atoms with E-state index in [2.05, 4.69) is 10.2 Å². The van der Waals surface area contributed by atoms with E-state index in [4.69, 9.17) is 0 Å². The number of benzene rings is 2. The molecule has 1 aromatic heterocycles. The normalized spacial score (nSPS) is 14.2. The molecule has 1 saturated heterocycles. The molecule has 7 nitrogen and oxygen atoms in total. The molecule has 31 heavy (non-hydrogen) atoms. The number of para-hydroxylation sites is 2. The van der Waals surface area contributed by atoms with Crippen molar-refractivity contribution in [2.24, 2.45) is 0 Å². The molecule has 1 aliphatic heterocycles. The average molecular weight is 421 g/mol. The second-order valence-corrected chi connectivity index (χ2v) is 7.93. The van der Waals surface area contributed by atoms with Gasteiger partial charge in [-0.15, -0.1) is 0 Å². The fourth-order valence-electron chi connectivity index (χ4n) is 4.22. The van der Waals surface area contributed by atoms with E-state index in [1.807, 2.05) is 43.3 Å². The zero-order chi connectivity index (χ0) is 21.8. The van der Waals surface area contributed by atoms with Gasteiger partial charge in [-0.25, -0.2) is 0 Å². The molecule has 0 aliphatic carbocycles. The molecule has 1 fully saturated rings. The molecule has 0 saturated carbocycles. The largest absolute Gasteiger partial charge is 0.351 e. The maximum atomic E-state index is 12.7. The van der Waals surface area contributed by atoms with Crippen LogP contribution < -0.4 is 16.4 Å². The lowest BCUT2D eigenvalue weighted by molar-refractivity contribution is 0.0949. The summed E-state index contributed by atoms with van der Waals surface area (Å²) in [5.41, 5.74) is 1.85. The molecule has 4 rings (SSSR count). The van der Waals surface area contributed by atoms with Gasteiger partial charge in [-0.05, 0) is 62.7 Å². The lowest BCUT2D eigenvalue weighted by Crippen LogP contribution is -2.41. The van der Waals surface area contributed by atoms with Crippen molar-refractivity contribution in [3.63, 3.8) is 0 Å². The topological polar surface area (TPSA) is 76.3 Å². The fourth-order valence-corrected chi connectivity index (χ4v) is 4.22. The second-order valence-electron chi connectivity index (χ2n) is 7.93. The van der Waals surface area contributed by atoms with Gasteiger partial charge in [-0.2, -0.15) is 0 Å². The number of fused-ring (bicyclic) bond motifs is 1. The molecule has 1 N–H and O–H groups in total.